The van der Waals surface area contributed by atoms with Crippen molar-refractivity contribution in [2.75, 3.05) is 19.6 Å². The summed E-state index contributed by atoms with van der Waals surface area (Å²) >= 11 is 0. The van der Waals surface area contributed by atoms with Gasteiger partial charge in [-0.05, 0) is 38.1 Å². The number of carbonyl (C=O) groups is 1. The minimum Gasteiger partial charge on any atom is -0.341 e. The van der Waals surface area contributed by atoms with E-state index in [0.29, 0.717) is 5.91 Å². The van der Waals surface area contributed by atoms with Crippen LogP contribution in [0.2, 0.25) is 0 Å². The van der Waals surface area contributed by atoms with Crippen molar-refractivity contribution in [3.8, 4) is 0 Å². The average molecular weight is 233 g/mol. The number of likely N-dealkylation sites (tertiary alicyclic amines) is 1. The Balaban J connectivity index is 0.00000112. The molecule has 2 saturated heterocycles. The molecule has 88 valence electrons. The number of nitrogens with one attached hydrogen (secondary N) is 1. The van der Waals surface area contributed by atoms with Crippen LogP contribution in [-0.2, 0) is 4.79 Å². The van der Waals surface area contributed by atoms with Gasteiger partial charge in [-0.3, -0.25) is 4.79 Å². The van der Waals surface area contributed by atoms with Crippen LogP contribution in [0, 0.1) is 5.92 Å². The van der Waals surface area contributed by atoms with Crippen LogP contribution in [0.1, 0.15) is 32.6 Å². The fourth-order valence-corrected chi connectivity index (χ4v) is 2.34. The monoisotopic (exact) mass is 232 g/mol. The Bertz CT molecular complexity index is 209. The third kappa shape index (κ3) is 3.08. The molecule has 4 heteroatoms. The van der Waals surface area contributed by atoms with E-state index in [2.05, 4.69) is 12.2 Å². The van der Waals surface area contributed by atoms with Crippen molar-refractivity contribution in [2.24, 2.45) is 5.92 Å². The van der Waals surface area contributed by atoms with Gasteiger partial charge in [0.1, 0.15) is 0 Å². The number of carbonyl (C=O) groups excluding carboxylic acids is 1. The van der Waals surface area contributed by atoms with Gasteiger partial charge in [0.05, 0.1) is 6.04 Å². The number of hydrogen-bond acceptors (Lipinski definition) is 2. The summed E-state index contributed by atoms with van der Waals surface area (Å²) in [7, 11) is 0. The molecule has 2 aliphatic rings. The molecule has 1 amide bonds. The van der Waals surface area contributed by atoms with Crippen LogP contribution in [-0.4, -0.2) is 36.5 Å². The maximum atomic E-state index is 12.0. The van der Waals surface area contributed by atoms with Gasteiger partial charge in [0.25, 0.3) is 0 Å². The van der Waals surface area contributed by atoms with Crippen molar-refractivity contribution in [1.29, 1.82) is 0 Å². The molecule has 0 aliphatic carbocycles. The van der Waals surface area contributed by atoms with Crippen LogP contribution < -0.4 is 5.32 Å². The van der Waals surface area contributed by atoms with Crippen LogP contribution >= 0.6 is 12.4 Å². The van der Waals surface area contributed by atoms with E-state index in [1.54, 1.807) is 0 Å². The van der Waals surface area contributed by atoms with E-state index in [9.17, 15) is 4.79 Å². The van der Waals surface area contributed by atoms with Gasteiger partial charge in [-0.2, -0.15) is 0 Å². The molecule has 2 heterocycles. The molecular formula is C11H21ClN2O. The first kappa shape index (κ1) is 12.8. The number of piperidine rings is 1. The molecule has 0 aromatic carbocycles. The number of nitrogens with zero attached hydrogens (tertiary/aromatic N) is 1. The van der Waals surface area contributed by atoms with Crippen LogP contribution in [0.25, 0.3) is 0 Å². The number of rotatable bonds is 1. The fourth-order valence-electron chi connectivity index (χ4n) is 2.34. The predicted octanol–water partition coefficient (Wildman–Crippen LogP) is 1.42. The van der Waals surface area contributed by atoms with Crippen molar-refractivity contribution >= 4 is 18.3 Å². The summed E-state index contributed by atoms with van der Waals surface area (Å²) < 4.78 is 0. The highest BCUT2D eigenvalue weighted by molar-refractivity contribution is 5.85. The molecular weight excluding hydrogens is 212 g/mol. The van der Waals surface area contributed by atoms with Crippen LogP contribution in [0.4, 0.5) is 0 Å². The average Bonchev–Trinajstić information content (AvgIpc) is 2.71. The normalized spacial score (nSPS) is 27.5. The van der Waals surface area contributed by atoms with Crippen LogP contribution in [0.5, 0.6) is 0 Å². The van der Waals surface area contributed by atoms with E-state index in [1.807, 2.05) is 4.90 Å². The summed E-state index contributed by atoms with van der Waals surface area (Å²) in [6.07, 6.45) is 4.54. The fraction of sp³-hybridized carbons (Fsp3) is 0.909. The maximum absolute atomic E-state index is 12.0. The zero-order valence-corrected chi connectivity index (χ0v) is 10.2. The molecule has 0 aromatic rings. The lowest BCUT2D eigenvalue weighted by molar-refractivity contribution is -0.134. The summed E-state index contributed by atoms with van der Waals surface area (Å²) in [4.78, 5) is 14.0. The Morgan fingerprint density at radius 1 is 1.27 bits per heavy atom. The van der Waals surface area contributed by atoms with Crippen molar-refractivity contribution in [2.45, 2.75) is 38.6 Å². The molecule has 0 saturated carbocycles. The largest absolute Gasteiger partial charge is 0.341 e. The molecule has 0 spiro atoms. The molecule has 2 aliphatic heterocycles. The molecule has 3 nitrogen and oxygen atoms in total. The quantitative estimate of drug-likeness (QED) is 0.742. The Kier molecular flexibility index (Phi) is 4.87. The van der Waals surface area contributed by atoms with Gasteiger partial charge in [0.15, 0.2) is 0 Å². The van der Waals surface area contributed by atoms with Crippen LogP contribution in [0.15, 0.2) is 0 Å². The van der Waals surface area contributed by atoms with Crippen LogP contribution in [0.3, 0.4) is 0 Å². The van der Waals surface area contributed by atoms with E-state index in [1.165, 1.54) is 12.8 Å². The summed E-state index contributed by atoms with van der Waals surface area (Å²) in [6.45, 7) is 5.23. The van der Waals surface area contributed by atoms with Gasteiger partial charge in [-0.25, -0.2) is 0 Å². The second-order valence-corrected chi connectivity index (χ2v) is 4.66. The van der Waals surface area contributed by atoms with E-state index in [-0.39, 0.29) is 18.4 Å². The SMILES string of the molecule is CC1CCN(C(=O)[C@H]2CCCN2)CC1.Cl. The number of hydrogen-bond donors (Lipinski definition) is 1. The molecule has 1 atom stereocenters. The lowest BCUT2D eigenvalue weighted by Gasteiger charge is -2.32. The Morgan fingerprint density at radius 2 is 1.93 bits per heavy atom. The van der Waals surface area contributed by atoms with Crippen molar-refractivity contribution in [1.82, 2.24) is 10.2 Å². The summed E-state index contributed by atoms with van der Waals surface area (Å²) in [5, 5.41) is 3.27. The number of amides is 1. The second kappa shape index (κ2) is 5.71. The lowest BCUT2D eigenvalue weighted by atomic mass is 9.98. The van der Waals surface area contributed by atoms with Gasteiger partial charge >= 0.3 is 0 Å². The van der Waals surface area contributed by atoms with E-state index >= 15 is 0 Å². The highest BCUT2D eigenvalue weighted by Gasteiger charge is 2.28. The van der Waals surface area contributed by atoms with Crippen molar-refractivity contribution < 1.29 is 4.79 Å². The Morgan fingerprint density at radius 3 is 2.47 bits per heavy atom. The Labute approximate surface area is 98.0 Å². The minimum absolute atomic E-state index is 0. The van der Waals surface area contributed by atoms with Gasteiger partial charge in [-0.15, -0.1) is 12.4 Å². The number of halogens is 1. The smallest absolute Gasteiger partial charge is 0.239 e. The molecule has 0 radical (unpaired) electrons. The van der Waals surface area contributed by atoms with E-state index in [0.717, 1.165) is 38.4 Å². The summed E-state index contributed by atoms with van der Waals surface area (Å²) in [6, 6.07) is 0.128. The standard InChI is InChI=1S/C11H20N2O.ClH/c1-9-4-7-13(8-5-9)11(14)10-3-2-6-12-10;/h9-10,12H,2-8H2,1H3;1H/t10-;/m1./s1. The predicted molar refractivity (Wildman–Crippen MR) is 63.3 cm³/mol. The van der Waals surface area contributed by atoms with E-state index < -0.39 is 0 Å². The molecule has 0 bridgehead atoms. The molecule has 0 aromatic heterocycles. The van der Waals surface area contributed by atoms with Gasteiger partial charge < -0.3 is 10.2 Å². The minimum atomic E-state index is 0. The molecule has 2 fully saturated rings. The van der Waals surface area contributed by atoms with Crippen molar-refractivity contribution in [3.05, 3.63) is 0 Å². The first-order valence-electron chi connectivity index (χ1n) is 5.79. The van der Waals surface area contributed by atoms with Gasteiger partial charge in [0.2, 0.25) is 5.91 Å². The molecule has 2 rings (SSSR count). The van der Waals surface area contributed by atoms with E-state index in [4.69, 9.17) is 0 Å². The lowest BCUT2D eigenvalue weighted by Crippen LogP contribution is -2.46. The third-order valence-corrected chi connectivity index (χ3v) is 3.45. The van der Waals surface area contributed by atoms with Gasteiger partial charge in [0, 0.05) is 13.1 Å². The summed E-state index contributed by atoms with van der Waals surface area (Å²) in [5.41, 5.74) is 0. The third-order valence-electron chi connectivity index (χ3n) is 3.45. The summed E-state index contributed by atoms with van der Waals surface area (Å²) in [5.74, 6) is 1.14. The highest BCUT2D eigenvalue weighted by atomic mass is 35.5. The topological polar surface area (TPSA) is 32.3 Å². The highest BCUT2D eigenvalue weighted by Crippen LogP contribution is 2.18. The first-order valence-corrected chi connectivity index (χ1v) is 5.79. The zero-order chi connectivity index (χ0) is 9.97. The van der Waals surface area contributed by atoms with Crippen molar-refractivity contribution in [3.63, 3.8) is 0 Å². The molecule has 15 heavy (non-hydrogen) atoms. The zero-order valence-electron chi connectivity index (χ0n) is 9.37. The van der Waals surface area contributed by atoms with Gasteiger partial charge in [-0.1, -0.05) is 6.92 Å². The maximum Gasteiger partial charge on any atom is 0.239 e. The first-order chi connectivity index (χ1) is 6.77. The second-order valence-electron chi connectivity index (χ2n) is 4.66. The molecule has 0 unspecified atom stereocenters. The Hall–Kier alpha value is -0.280. The molecule has 1 N–H and O–H groups in total.